The maximum Gasteiger partial charge on any atom is 0.326 e. The number of nitrogens with zero attached hydrogens (tertiary/aromatic N) is 1. The highest BCUT2D eigenvalue weighted by Gasteiger charge is 2.22. The minimum atomic E-state index is -1.06. The van der Waals surface area contributed by atoms with Crippen LogP contribution in [0.5, 0.6) is 0 Å². The third-order valence-corrected chi connectivity index (χ3v) is 3.54. The van der Waals surface area contributed by atoms with Crippen LogP contribution in [-0.2, 0) is 4.79 Å². The number of thiazole rings is 1. The molecule has 0 saturated heterocycles. The minimum Gasteiger partial charge on any atom is -0.480 e. The summed E-state index contributed by atoms with van der Waals surface area (Å²) >= 11 is 1.37. The zero-order valence-electron chi connectivity index (χ0n) is 10.5. The monoisotopic (exact) mass is 257 g/mol. The van der Waals surface area contributed by atoms with Crippen LogP contribution in [0.2, 0.25) is 0 Å². The van der Waals surface area contributed by atoms with Crippen LogP contribution in [0.15, 0.2) is 5.38 Å². The predicted octanol–water partition coefficient (Wildman–Crippen LogP) is 2.07. The molecule has 1 heterocycles. The number of aliphatic carboxylic acids is 1. The van der Waals surface area contributed by atoms with Crippen LogP contribution in [0.1, 0.15) is 39.4 Å². The molecular formula is C11H19N3O2S. The summed E-state index contributed by atoms with van der Waals surface area (Å²) in [4.78, 5) is 14.9. The number of hydrogen-bond donors (Lipinski definition) is 3. The summed E-state index contributed by atoms with van der Waals surface area (Å²) in [6, 6.07) is -0.811. The molecule has 0 bridgehead atoms. The molecule has 1 aromatic heterocycles. The lowest BCUT2D eigenvalue weighted by Crippen LogP contribution is -2.30. The van der Waals surface area contributed by atoms with E-state index in [1.165, 1.54) is 11.3 Å². The van der Waals surface area contributed by atoms with Gasteiger partial charge in [0.15, 0.2) is 5.13 Å². The maximum atomic E-state index is 10.7. The van der Waals surface area contributed by atoms with Crippen molar-refractivity contribution in [2.24, 2.45) is 11.1 Å². The summed E-state index contributed by atoms with van der Waals surface area (Å²) in [7, 11) is 0. The molecule has 0 aromatic carbocycles. The van der Waals surface area contributed by atoms with Crippen LogP contribution in [0.3, 0.4) is 0 Å². The van der Waals surface area contributed by atoms with Crippen LogP contribution in [0, 0.1) is 5.41 Å². The highest BCUT2D eigenvalue weighted by Crippen LogP contribution is 2.25. The van der Waals surface area contributed by atoms with E-state index in [4.69, 9.17) is 10.8 Å². The van der Waals surface area contributed by atoms with Crippen molar-refractivity contribution in [1.82, 2.24) is 4.98 Å². The Morgan fingerprint density at radius 1 is 1.59 bits per heavy atom. The van der Waals surface area contributed by atoms with Crippen LogP contribution in [0.25, 0.3) is 0 Å². The van der Waals surface area contributed by atoms with Gasteiger partial charge in [-0.25, -0.2) is 4.98 Å². The molecule has 4 N–H and O–H groups in total. The van der Waals surface area contributed by atoms with Crippen molar-refractivity contribution in [1.29, 1.82) is 0 Å². The number of carboxylic acid groups (broad SMARTS) is 1. The highest BCUT2D eigenvalue weighted by atomic mass is 32.1. The van der Waals surface area contributed by atoms with Crippen molar-refractivity contribution in [3.63, 3.8) is 0 Å². The Labute approximate surface area is 105 Å². The average molecular weight is 257 g/mol. The fourth-order valence-electron chi connectivity index (χ4n) is 1.02. The van der Waals surface area contributed by atoms with Crippen molar-refractivity contribution in [3.8, 4) is 0 Å². The third kappa shape index (κ3) is 3.67. The van der Waals surface area contributed by atoms with E-state index >= 15 is 0 Å². The zero-order valence-corrected chi connectivity index (χ0v) is 11.3. The van der Waals surface area contributed by atoms with E-state index in [9.17, 15) is 4.79 Å². The van der Waals surface area contributed by atoms with Crippen LogP contribution < -0.4 is 11.1 Å². The molecular weight excluding hydrogens is 238 g/mol. The van der Waals surface area contributed by atoms with E-state index < -0.39 is 12.0 Å². The summed E-state index contributed by atoms with van der Waals surface area (Å²) < 4.78 is 0. The molecule has 1 aromatic rings. The quantitative estimate of drug-likeness (QED) is 0.768. The largest absolute Gasteiger partial charge is 0.480 e. The number of anilines is 1. The summed E-state index contributed by atoms with van der Waals surface area (Å²) in [6.45, 7) is 8.45. The fraction of sp³-hybridized carbons (Fsp3) is 0.636. The first kappa shape index (κ1) is 13.9. The van der Waals surface area contributed by atoms with E-state index in [2.05, 4.69) is 38.0 Å². The standard InChI is InChI=1S/C11H19N3O2S/c1-6(11(2,3)4)13-10-14-7(5-17-10)8(12)9(15)16/h5-6,8H,12H2,1-4H3,(H,13,14)(H,15,16). The van der Waals surface area contributed by atoms with E-state index in [-0.39, 0.29) is 11.5 Å². The number of carbonyl (C=O) groups is 1. The number of nitrogens with two attached hydrogens (primary N) is 1. The number of rotatable bonds is 4. The van der Waals surface area contributed by atoms with Gasteiger partial charge in [-0.2, -0.15) is 0 Å². The maximum absolute atomic E-state index is 10.7. The molecule has 0 fully saturated rings. The lowest BCUT2D eigenvalue weighted by atomic mass is 9.88. The van der Waals surface area contributed by atoms with Gasteiger partial charge in [-0.05, 0) is 12.3 Å². The molecule has 96 valence electrons. The molecule has 0 aliphatic carbocycles. The van der Waals surface area contributed by atoms with Crippen molar-refractivity contribution in [3.05, 3.63) is 11.1 Å². The van der Waals surface area contributed by atoms with Gasteiger partial charge >= 0.3 is 5.97 Å². The van der Waals surface area contributed by atoms with Gasteiger partial charge in [-0.15, -0.1) is 11.3 Å². The molecule has 17 heavy (non-hydrogen) atoms. The lowest BCUT2D eigenvalue weighted by Gasteiger charge is -2.27. The smallest absolute Gasteiger partial charge is 0.326 e. The number of nitrogens with one attached hydrogen (secondary N) is 1. The Hall–Kier alpha value is -1.14. The van der Waals surface area contributed by atoms with Gasteiger partial charge in [-0.3, -0.25) is 4.79 Å². The Bertz CT molecular complexity index is 398. The lowest BCUT2D eigenvalue weighted by molar-refractivity contribution is -0.138. The normalized spacial score (nSPS) is 15.4. The van der Waals surface area contributed by atoms with Gasteiger partial charge in [0.1, 0.15) is 6.04 Å². The van der Waals surface area contributed by atoms with Gasteiger partial charge in [0.2, 0.25) is 0 Å². The molecule has 0 spiro atoms. The summed E-state index contributed by atoms with van der Waals surface area (Å²) in [5.74, 6) is -1.06. The summed E-state index contributed by atoms with van der Waals surface area (Å²) in [5.41, 5.74) is 5.99. The molecule has 1 rings (SSSR count). The number of aromatic nitrogens is 1. The Balaban J connectivity index is 2.73. The molecule has 2 atom stereocenters. The molecule has 0 saturated carbocycles. The summed E-state index contributed by atoms with van der Waals surface area (Å²) in [6.07, 6.45) is 0. The highest BCUT2D eigenvalue weighted by molar-refractivity contribution is 7.13. The first-order valence-electron chi connectivity index (χ1n) is 5.42. The van der Waals surface area contributed by atoms with E-state index in [0.29, 0.717) is 10.8 Å². The second-order valence-electron chi connectivity index (χ2n) is 5.13. The first-order valence-corrected chi connectivity index (χ1v) is 6.30. The van der Waals surface area contributed by atoms with Gasteiger partial charge in [0, 0.05) is 11.4 Å². The van der Waals surface area contributed by atoms with Gasteiger partial charge in [0.05, 0.1) is 5.69 Å². The molecule has 5 nitrogen and oxygen atoms in total. The number of hydrogen-bond acceptors (Lipinski definition) is 5. The number of carboxylic acids is 1. The van der Waals surface area contributed by atoms with Crippen molar-refractivity contribution >= 4 is 22.4 Å². The SMILES string of the molecule is CC(Nc1nc(C(N)C(=O)O)cs1)C(C)(C)C. The molecule has 6 heteroatoms. The topological polar surface area (TPSA) is 88.2 Å². The average Bonchev–Trinajstić information content (AvgIpc) is 2.63. The van der Waals surface area contributed by atoms with Crippen molar-refractivity contribution in [2.75, 3.05) is 5.32 Å². The van der Waals surface area contributed by atoms with Gasteiger partial charge in [0.25, 0.3) is 0 Å². The zero-order chi connectivity index (χ0) is 13.2. The van der Waals surface area contributed by atoms with Gasteiger partial charge in [-0.1, -0.05) is 20.8 Å². The second-order valence-corrected chi connectivity index (χ2v) is 5.98. The minimum absolute atomic E-state index is 0.112. The van der Waals surface area contributed by atoms with Crippen LogP contribution in [-0.4, -0.2) is 22.1 Å². The molecule has 0 aliphatic rings. The van der Waals surface area contributed by atoms with E-state index in [1.54, 1.807) is 5.38 Å². The Morgan fingerprint density at radius 2 is 2.18 bits per heavy atom. The van der Waals surface area contributed by atoms with Gasteiger partial charge < -0.3 is 16.2 Å². The van der Waals surface area contributed by atoms with Crippen molar-refractivity contribution < 1.29 is 9.90 Å². The van der Waals surface area contributed by atoms with E-state index in [1.807, 2.05) is 0 Å². The van der Waals surface area contributed by atoms with Crippen LogP contribution in [0.4, 0.5) is 5.13 Å². The van der Waals surface area contributed by atoms with Crippen LogP contribution >= 0.6 is 11.3 Å². The summed E-state index contributed by atoms with van der Waals surface area (Å²) in [5, 5.41) is 14.4. The molecule has 0 amide bonds. The second kappa shape index (κ2) is 5.01. The fourth-order valence-corrected chi connectivity index (χ4v) is 1.86. The molecule has 0 aliphatic heterocycles. The molecule has 0 radical (unpaired) electrons. The Morgan fingerprint density at radius 3 is 2.65 bits per heavy atom. The molecule has 2 unspecified atom stereocenters. The third-order valence-electron chi connectivity index (χ3n) is 2.75. The van der Waals surface area contributed by atoms with Crippen molar-refractivity contribution in [2.45, 2.75) is 39.8 Å². The first-order chi connectivity index (χ1) is 7.71. The van der Waals surface area contributed by atoms with E-state index in [0.717, 1.165) is 0 Å². The predicted molar refractivity (Wildman–Crippen MR) is 69.2 cm³/mol. The Kier molecular flexibility index (Phi) is 4.11.